The molecule has 24 heavy (non-hydrogen) atoms. The molecule has 128 valence electrons. The Balaban J connectivity index is 1.61. The van der Waals surface area contributed by atoms with Gasteiger partial charge in [-0.15, -0.1) is 0 Å². The second-order valence-electron chi connectivity index (χ2n) is 7.19. The van der Waals surface area contributed by atoms with E-state index in [9.17, 15) is 4.79 Å². The normalized spacial score (nSPS) is 21.2. The van der Waals surface area contributed by atoms with Crippen LogP contribution in [-0.2, 0) is 12.8 Å². The van der Waals surface area contributed by atoms with Crippen molar-refractivity contribution in [2.75, 3.05) is 26.7 Å². The van der Waals surface area contributed by atoms with Crippen LogP contribution in [-0.4, -0.2) is 47.6 Å². The number of carbonyl (C=O) groups excluding carboxylic acids is 1. The number of nitrogens with zero attached hydrogens (tertiary/aromatic N) is 3. The van der Waals surface area contributed by atoms with Gasteiger partial charge in [-0.25, -0.2) is 4.98 Å². The van der Waals surface area contributed by atoms with Crippen molar-refractivity contribution >= 4 is 17.0 Å². The van der Waals surface area contributed by atoms with E-state index in [1.165, 1.54) is 12.8 Å². The molecule has 0 spiro atoms. The number of piperidine rings is 1. The van der Waals surface area contributed by atoms with Crippen LogP contribution in [0.4, 0.5) is 0 Å². The monoisotopic (exact) mass is 328 g/mol. The topological polar surface area (TPSA) is 71.3 Å². The van der Waals surface area contributed by atoms with Crippen LogP contribution < -0.4 is 5.32 Å². The summed E-state index contributed by atoms with van der Waals surface area (Å²) in [6.07, 6.45) is 5.27. The van der Waals surface area contributed by atoms with Crippen molar-refractivity contribution in [3.8, 4) is 0 Å². The van der Waals surface area contributed by atoms with E-state index in [0.29, 0.717) is 11.6 Å². The number of nitrogens with one attached hydrogen (secondary N) is 1. The van der Waals surface area contributed by atoms with E-state index in [4.69, 9.17) is 4.52 Å². The molecule has 2 aliphatic rings. The fraction of sp³-hybridized carbons (Fsp3) is 0.611. The van der Waals surface area contributed by atoms with Crippen molar-refractivity contribution in [3.05, 3.63) is 22.5 Å². The molecule has 0 bridgehead atoms. The number of amides is 1. The lowest BCUT2D eigenvalue weighted by Crippen LogP contribution is -2.39. The summed E-state index contributed by atoms with van der Waals surface area (Å²) in [5.41, 5.74) is 4.08. The lowest BCUT2D eigenvalue weighted by atomic mass is 9.97. The molecular weight excluding hydrogens is 304 g/mol. The summed E-state index contributed by atoms with van der Waals surface area (Å²) in [5, 5.41) is 7.97. The van der Waals surface area contributed by atoms with Gasteiger partial charge in [0.25, 0.3) is 11.6 Å². The molecule has 1 fully saturated rings. The molecule has 1 atom stereocenters. The van der Waals surface area contributed by atoms with Crippen LogP contribution in [0.1, 0.15) is 46.6 Å². The highest BCUT2D eigenvalue weighted by molar-refractivity contribution is 6.07. The molecule has 1 amide bonds. The zero-order chi connectivity index (χ0) is 16.7. The fourth-order valence-electron chi connectivity index (χ4n) is 4.13. The van der Waals surface area contributed by atoms with Gasteiger partial charge in [-0.1, -0.05) is 5.16 Å². The van der Waals surface area contributed by atoms with Gasteiger partial charge in [-0.05, 0) is 64.1 Å². The van der Waals surface area contributed by atoms with Crippen molar-refractivity contribution in [2.45, 2.75) is 39.0 Å². The highest BCUT2D eigenvalue weighted by Gasteiger charge is 2.27. The quantitative estimate of drug-likeness (QED) is 0.934. The number of fused-ring (bicyclic) bond motifs is 2. The fourth-order valence-corrected chi connectivity index (χ4v) is 4.13. The van der Waals surface area contributed by atoms with Crippen LogP contribution in [0.2, 0.25) is 0 Å². The number of aromatic nitrogens is 2. The molecule has 3 heterocycles. The molecule has 2 aromatic rings. The molecule has 6 nitrogen and oxygen atoms in total. The molecule has 0 aromatic carbocycles. The number of likely N-dealkylation sites (tertiary alicyclic amines) is 1. The van der Waals surface area contributed by atoms with E-state index in [1.807, 2.05) is 6.92 Å². The number of carbonyl (C=O) groups is 1. The van der Waals surface area contributed by atoms with E-state index < -0.39 is 0 Å². The van der Waals surface area contributed by atoms with Crippen molar-refractivity contribution in [1.29, 1.82) is 0 Å². The molecule has 1 saturated heterocycles. The summed E-state index contributed by atoms with van der Waals surface area (Å²) in [5.74, 6) is 0.529. The average Bonchev–Trinajstić information content (AvgIpc) is 3.17. The maximum absolute atomic E-state index is 13.0. The van der Waals surface area contributed by atoms with Gasteiger partial charge in [0.2, 0.25) is 0 Å². The highest BCUT2D eigenvalue weighted by Crippen LogP contribution is 2.31. The largest absolute Gasteiger partial charge is 0.352 e. The minimum atomic E-state index is 0.0000709. The van der Waals surface area contributed by atoms with Gasteiger partial charge in [-0.3, -0.25) is 4.79 Å². The first kappa shape index (κ1) is 15.6. The van der Waals surface area contributed by atoms with E-state index in [0.717, 1.165) is 66.8 Å². The molecule has 1 aliphatic carbocycles. The van der Waals surface area contributed by atoms with Gasteiger partial charge in [0, 0.05) is 18.8 Å². The van der Waals surface area contributed by atoms with Crippen molar-refractivity contribution in [3.63, 3.8) is 0 Å². The molecule has 1 N–H and O–H groups in total. The second-order valence-corrected chi connectivity index (χ2v) is 7.19. The Morgan fingerprint density at radius 2 is 2.25 bits per heavy atom. The van der Waals surface area contributed by atoms with E-state index in [1.54, 1.807) is 0 Å². The number of rotatable bonds is 3. The summed E-state index contributed by atoms with van der Waals surface area (Å²) in [6.45, 7) is 4.81. The molecule has 6 heteroatoms. The molecule has 4 rings (SSSR count). The van der Waals surface area contributed by atoms with Crippen LogP contribution in [0.15, 0.2) is 4.52 Å². The van der Waals surface area contributed by atoms with Crippen LogP contribution in [0.25, 0.3) is 11.1 Å². The van der Waals surface area contributed by atoms with Gasteiger partial charge in [0.15, 0.2) is 0 Å². The first-order chi connectivity index (χ1) is 11.6. The van der Waals surface area contributed by atoms with Crippen LogP contribution in [0.5, 0.6) is 0 Å². The summed E-state index contributed by atoms with van der Waals surface area (Å²) >= 11 is 0. The summed E-state index contributed by atoms with van der Waals surface area (Å²) in [4.78, 5) is 19.9. The first-order valence-corrected chi connectivity index (χ1v) is 8.88. The summed E-state index contributed by atoms with van der Waals surface area (Å²) in [6, 6.07) is 0. The predicted molar refractivity (Wildman–Crippen MR) is 91.1 cm³/mol. The van der Waals surface area contributed by atoms with E-state index in [-0.39, 0.29) is 5.91 Å². The molecule has 2 aromatic heterocycles. The molecular formula is C18H24N4O2. The number of pyridine rings is 1. The Labute approximate surface area is 141 Å². The molecule has 0 radical (unpaired) electrons. The Bertz CT molecular complexity index is 783. The lowest BCUT2D eigenvalue weighted by molar-refractivity contribution is 0.0937. The van der Waals surface area contributed by atoms with E-state index >= 15 is 0 Å². The standard InChI is InChI=1S/C18H24N4O2/c1-11-15-16(13-6-3-7-14(13)20-18(15)24-21-11)17(23)19-9-12-5-4-8-22(2)10-12/h12H,3-10H2,1-2H3,(H,19,23)/t12-/m1/s1. The number of hydrogen-bond donors (Lipinski definition) is 1. The zero-order valence-corrected chi connectivity index (χ0v) is 14.4. The van der Waals surface area contributed by atoms with Gasteiger partial charge in [0.1, 0.15) is 0 Å². The van der Waals surface area contributed by atoms with Gasteiger partial charge in [0.05, 0.1) is 16.6 Å². The highest BCUT2D eigenvalue weighted by atomic mass is 16.5. The Kier molecular flexibility index (Phi) is 4.00. The molecule has 0 unspecified atom stereocenters. The van der Waals surface area contributed by atoms with Crippen molar-refractivity contribution in [1.82, 2.24) is 20.4 Å². The van der Waals surface area contributed by atoms with Crippen LogP contribution in [0.3, 0.4) is 0 Å². The minimum absolute atomic E-state index is 0.0000709. The SMILES string of the molecule is Cc1noc2nc3c(c(C(=O)NC[C@H]4CCCN(C)C4)c12)CCC3. The third-order valence-electron chi connectivity index (χ3n) is 5.32. The van der Waals surface area contributed by atoms with Crippen molar-refractivity contribution < 1.29 is 9.32 Å². The first-order valence-electron chi connectivity index (χ1n) is 8.88. The maximum Gasteiger partial charge on any atom is 0.259 e. The Hall–Kier alpha value is -1.95. The molecule has 0 saturated carbocycles. The van der Waals surface area contributed by atoms with Crippen LogP contribution in [0, 0.1) is 12.8 Å². The van der Waals surface area contributed by atoms with Crippen LogP contribution >= 0.6 is 0 Å². The minimum Gasteiger partial charge on any atom is -0.352 e. The summed E-state index contributed by atoms with van der Waals surface area (Å²) in [7, 11) is 2.15. The van der Waals surface area contributed by atoms with Crippen molar-refractivity contribution in [2.24, 2.45) is 5.92 Å². The van der Waals surface area contributed by atoms with Gasteiger partial charge in [-0.2, -0.15) is 0 Å². The Morgan fingerprint density at radius 1 is 1.38 bits per heavy atom. The summed E-state index contributed by atoms with van der Waals surface area (Å²) < 4.78 is 5.33. The van der Waals surface area contributed by atoms with Gasteiger partial charge >= 0.3 is 0 Å². The zero-order valence-electron chi connectivity index (χ0n) is 14.4. The number of hydrogen-bond acceptors (Lipinski definition) is 5. The average molecular weight is 328 g/mol. The predicted octanol–water partition coefficient (Wildman–Crippen LogP) is 2.09. The van der Waals surface area contributed by atoms with Gasteiger partial charge < -0.3 is 14.7 Å². The maximum atomic E-state index is 13.0. The molecule has 1 aliphatic heterocycles. The Morgan fingerprint density at radius 3 is 3.08 bits per heavy atom. The lowest BCUT2D eigenvalue weighted by Gasteiger charge is -2.29. The number of aryl methyl sites for hydroxylation is 2. The third-order valence-corrected chi connectivity index (χ3v) is 5.32. The second kappa shape index (κ2) is 6.16. The third kappa shape index (κ3) is 2.69. The van der Waals surface area contributed by atoms with E-state index in [2.05, 4.69) is 27.4 Å². The smallest absolute Gasteiger partial charge is 0.259 e.